The monoisotopic (exact) mass is 624 g/mol. The van der Waals surface area contributed by atoms with Crippen molar-refractivity contribution >= 4 is 43.2 Å². The molecule has 38 heavy (non-hydrogen) atoms. The average Bonchev–Trinajstić information content (AvgIpc) is 3.43. The highest BCUT2D eigenvalue weighted by Crippen LogP contribution is 2.28. The molecule has 1 amide bonds. The number of benzene rings is 2. The third-order valence-electron chi connectivity index (χ3n) is 5.92. The van der Waals surface area contributed by atoms with E-state index in [1.54, 1.807) is 49.7 Å². The number of amides is 1. The molecule has 0 aliphatic rings. The van der Waals surface area contributed by atoms with E-state index in [1.165, 1.54) is 16.4 Å². The molecule has 0 aliphatic carbocycles. The van der Waals surface area contributed by atoms with Crippen molar-refractivity contribution in [3.05, 3.63) is 74.9 Å². The lowest BCUT2D eigenvalue weighted by atomic mass is 10.1. The number of hydrogen-bond acceptors (Lipinski definition) is 7. The zero-order valence-corrected chi connectivity index (χ0v) is 25.0. The third kappa shape index (κ3) is 8.28. The van der Waals surface area contributed by atoms with Crippen LogP contribution in [0.3, 0.4) is 0 Å². The number of ether oxygens (including phenoxy) is 3. The van der Waals surface area contributed by atoms with Crippen molar-refractivity contribution in [3.8, 4) is 11.5 Å². The Balaban J connectivity index is 1.82. The van der Waals surface area contributed by atoms with E-state index in [2.05, 4.69) is 15.9 Å². The van der Waals surface area contributed by atoms with E-state index in [0.29, 0.717) is 44.0 Å². The van der Waals surface area contributed by atoms with Gasteiger partial charge in [0.2, 0.25) is 15.9 Å². The molecular formula is C27H33BrN2O6S2. The topological polar surface area (TPSA) is 85.4 Å². The standard InChI is InChI=1S/C27H33BrN2O6S2/c1-34-16-5-14-30(38(32,33)24-10-8-22(28)9-11-24)20-27(31)29(19-23-6-4-17-37-23)15-13-21-7-12-25(35-2)26(18-21)36-3/h4,6-12,17-18H,5,13-16,19-20H2,1-3H3. The fourth-order valence-corrected chi connectivity index (χ4v) is 6.27. The van der Waals surface area contributed by atoms with E-state index in [4.69, 9.17) is 14.2 Å². The fourth-order valence-electron chi connectivity index (χ4n) is 3.86. The maximum absolute atomic E-state index is 13.6. The van der Waals surface area contributed by atoms with Gasteiger partial charge in [-0.15, -0.1) is 11.3 Å². The maximum Gasteiger partial charge on any atom is 0.243 e. The summed E-state index contributed by atoms with van der Waals surface area (Å²) < 4.78 is 44.9. The van der Waals surface area contributed by atoms with Crippen LogP contribution in [0, 0.1) is 0 Å². The van der Waals surface area contributed by atoms with Crippen molar-refractivity contribution in [2.24, 2.45) is 0 Å². The number of methoxy groups -OCH3 is 3. The van der Waals surface area contributed by atoms with Gasteiger partial charge in [0.15, 0.2) is 11.5 Å². The second-order valence-electron chi connectivity index (χ2n) is 8.47. The summed E-state index contributed by atoms with van der Waals surface area (Å²) in [6.45, 7) is 1.10. The lowest BCUT2D eigenvalue weighted by Crippen LogP contribution is -2.43. The second kappa shape index (κ2) is 14.6. The summed E-state index contributed by atoms with van der Waals surface area (Å²) in [5.41, 5.74) is 0.978. The van der Waals surface area contributed by atoms with Gasteiger partial charge in [-0.3, -0.25) is 4.79 Å². The number of carbonyl (C=O) groups is 1. The molecule has 1 heterocycles. The number of rotatable bonds is 15. The van der Waals surface area contributed by atoms with Crippen molar-refractivity contribution < 1.29 is 27.4 Å². The molecule has 11 heteroatoms. The molecule has 3 aromatic rings. The van der Waals surface area contributed by atoms with Crippen LogP contribution in [0.2, 0.25) is 0 Å². The molecule has 0 N–H and O–H groups in total. The van der Waals surface area contributed by atoms with Gasteiger partial charge in [0, 0.05) is 36.2 Å². The number of sulfonamides is 1. The van der Waals surface area contributed by atoms with E-state index in [1.807, 2.05) is 35.7 Å². The highest BCUT2D eigenvalue weighted by Gasteiger charge is 2.28. The van der Waals surface area contributed by atoms with E-state index >= 15 is 0 Å². The summed E-state index contributed by atoms with van der Waals surface area (Å²) in [5, 5.41) is 1.96. The van der Waals surface area contributed by atoms with Crippen LogP contribution in [0.1, 0.15) is 16.9 Å². The molecule has 3 rings (SSSR count). The van der Waals surface area contributed by atoms with Crippen molar-refractivity contribution in [3.63, 3.8) is 0 Å². The van der Waals surface area contributed by atoms with Gasteiger partial charge in [-0.1, -0.05) is 28.1 Å². The number of carbonyl (C=O) groups excluding carboxylic acids is 1. The van der Waals surface area contributed by atoms with E-state index < -0.39 is 10.0 Å². The Bertz CT molecular complexity index is 1270. The van der Waals surface area contributed by atoms with Gasteiger partial charge in [-0.05, 0) is 66.2 Å². The second-order valence-corrected chi connectivity index (χ2v) is 12.4. The highest BCUT2D eigenvalue weighted by atomic mass is 79.9. The first kappa shape index (κ1) is 30.1. The van der Waals surface area contributed by atoms with Crippen LogP contribution in [-0.4, -0.2) is 71.1 Å². The Hall–Kier alpha value is -2.44. The summed E-state index contributed by atoms with van der Waals surface area (Å²) in [4.78, 5) is 16.5. The molecule has 8 nitrogen and oxygen atoms in total. The van der Waals surface area contributed by atoms with Crippen LogP contribution in [0.15, 0.2) is 69.3 Å². The van der Waals surface area contributed by atoms with Crippen molar-refractivity contribution in [1.82, 2.24) is 9.21 Å². The minimum Gasteiger partial charge on any atom is -0.493 e. The van der Waals surface area contributed by atoms with Crippen LogP contribution in [0.25, 0.3) is 0 Å². The van der Waals surface area contributed by atoms with Gasteiger partial charge in [-0.25, -0.2) is 8.42 Å². The molecule has 0 atom stereocenters. The third-order valence-corrected chi connectivity index (χ3v) is 9.17. The van der Waals surface area contributed by atoms with Gasteiger partial charge in [0.25, 0.3) is 0 Å². The lowest BCUT2D eigenvalue weighted by Gasteiger charge is -2.27. The molecule has 0 radical (unpaired) electrons. The number of nitrogens with zero attached hydrogens (tertiary/aromatic N) is 2. The number of hydrogen-bond donors (Lipinski definition) is 0. The summed E-state index contributed by atoms with van der Waals surface area (Å²) in [6.07, 6.45) is 1.04. The average molecular weight is 626 g/mol. The van der Waals surface area contributed by atoms with Crippen LogP contribution in [-0.2, 0) is 32.5 Å². The lowest BCUT2D eigenvalue weighted by molar-refractivity contribution is -0.132. The molecule has 1 aromatic heterocycles. The minimum atomic E-state index is -3.89. The zero-order chi connectivity index (χ0) is 27.5. The van der Waals surface area contributed by atoms with Gasteiger partial charge >= 0.3 is 0 Å². The molecule has 0 unspecified atom stereocenters. The predicted octanol–water partition coefficient (Wildman–Crippen LogP) is 4.83. The maximum atomic E-state index is 13.6. The van der Waals surface area contributed by atoms with Crippen molar-refractivity contribution in [2.45, 2.75) is 24.3 Å². The Morgan fingerprint density at radius 3 is 2.34 bits per heavy atom. The summed E-state index contributed by atoms with van der Waals surface area (Å²) >= 11 is 4.90. The first-order valence-electron chi connectivity index (χ1n) is 12.0. The smallest absolute Gasteiger partial charge is 0.243 e. The molecule has 0 spiro atoms. The molecule has 0 saturated carbocycles. The van der Waals surface area contributed by atoms with Crippen LogP contribution in [0.5, 0.6) is 11.5 Å². The molecule has 206 valence electrons. The SMILES string of the molecule is COCCCN(CC(=O)N(CCc1ccc(OC)c(OC)c1)Cc1cccs1)S(=O)(=O)c1ccc(Br)cc1. The van der Waals surface area contributed by atoms with Gasteiger partial charge < -0.3 is 19.1 Å². The van der Waals surface area contributed by atoms with E-state index in [-0.39, 0.29) is 23.9 Å². The molecule has 0 bridgehead atoms. The zero-order valence-electron chi connectivity index (χ0n) is 21.8. The summed E-state index contributed by atoms with van der Waals surface area (Å²) in [5.74, 6) is 0.982. The van der Waals surface area contributed by atoms with Crippen LogP contribution < -0.4 is 9.47 Å². The normalized spacial score (nSPS) is 11.5. The number of halogens is 1. The largest absolute Gasteiger partial charge is 0.493 e. The highest BCUT2D eigenvalue weighted by molar-refractivity contribution is 9.10. The van der Waals surface area contributed by atoms with Crippen LogP contribution in [0.4, 0.5) is 0 Å². The van der Waals surface area contributed by atoms with Crippen molar-refractivity contribution in [1.29, 1.82) is 0 Å². The molecule has 0 aliphatic heterocycles. The van der Waals surface area contributed by atoms with Gasteiger partial charge in [-0.2, -0.15) is 4.31 Å². The quantitative estimate of drug-likeness (QED) is 0.225. The minimum absolute atomic E-state index is 0.140. The van der Waals surface area contributed by atoms with Crippen molar-refractivity contribution in [2.75, 3.05) is 47.6 Å². The first-order chi connectivity index (χ1) is 18.3. The Morgan fingerprint density at radius 2 is 1.71 bits per heavy atom. The van der Waals surface area contributed by atoms with E-state index in [0.717, 1.165) is 14.9 Å². The van der Waals surface area contributed by atoms with Gasteiger partial charge in [0.05, 0.1) is 32.2 Å². The fraction of sp³-hybridized carbons (Fsp3) is 0.370. The summed E-state index contributed by atoms with van der Waals surface area (Å²) in [7, 11) is 0.839. The Labute approximate surface area is 237 Å². The molecule has 0 saturated heterocycles. The Morgan fingerprint density at radius 1 is 0.974 bits per heavy atom. The van der Waals surface area contributed by atoms with Crippen LogP contribution >= 0.6 is 27.3 Å². The first-order valence-corrected chi connectivity index (χ1v) is 15.2. The Kier molecular flexibility index (Phi) is 11.6. The molecular weight excluding hydrogens is 592 g/mol. The number of thiophene rings is 1. The molecule has 2 aromatic carbocycles. The molecule has 0 fully saturated rings. The predicted molar refractivity (Wildman–Crippen MR) is 152 cm³/mol. The van der Waals surface area contributed by atoms with Gasteiger partial charge in [0.1, 0.15) is 0 Å². The van der Waals surface area contributed by atoms with E-state index in [9.17, 15) is 13.2 Å². The summed E-state index contributed by atoms with van der Waals surface area (Å²) in [6, 6.07) is 16.0.